The molecule has 1 saturated heterocycles. The van der Waals surface area contributed by atoms with Crippen LogP contribution in [0.3, 0.4) is 0 Å². The Balaban J connectivity index is 0.00000272. The van der Waals surface area contributed by atoms with E-state index >= 15 is 0 Å². The average Bonchev–Trinajstić information content (AvgIpc) is 2.77. The first-order chi connectivity index (χ1) is 15.1. The summed E-state index contributed by atoms with van der Waals surface area (Å²) in [5.74, 6) is -0.0555. The summed E-state index contributed by atoms with van der Waals surface area (Å²) >= 11 is 0. The molecule has 3 rings (SSSR count). The Morgan fingerprint density at radius 1 is 1.30 bits per heavy atom. The molecule has 0 radical (unpaired) electrons. The van der Waals surface area contributed by atoms with E-state index in [1.54, 1.807) is 18.2 Å². The van der Waals surface area contributed by atoms with Crippen molar-refractivity contribution in [1.82, 2.24) is 10.6 Å². The maximum Gasteiger partial charge on any atom is 1.00 e. The number of nitrogens with one attached hydrogen (secondary N) is 2. The van der Waals surface area contributed by atoms with E-state index in [1.807, 2.05) is 24.3 Å². The Morgan fingerprint density at radius 3 is 2.67 bits per heavy atom. The van der Waals surface area contributed by atoms with E-state index in [9.17, 15) is 20.0 Å². The van der Waals surface area contributed by atoms with Gasteiger partial charge in [0.1, 0.15) is 12.1 Å². The van der Waals surface area contributed by atoms with Crippen LogP contribution in [0.1, 0.15) is 12.0 Å². The largest absolute Gasteiger partial charge is 1.00 e. The summed E-state index contributed by atoms with van der Waals surface area (Å²) in [6.45, 7) is 2.33. The summed E-state index contributed by atoms with van der Waals surface area (Å²) < 4.78 is 10.1. The molecule has 33 heavy (non-hydrogen) atoms. The van der Waals surface area contributed by atoms with Gasteiger partial charge < -0.3 is 37.4 Å². The van der Waals surface area contributed by atoms with Gasteiger partial charge in [-0.3, -0.25) is 4.79 Å². The number of benzene rings is 2. The Labute approximate surface area is 237 Å². The number of nitrogens with zero attached hydrogens (tertiary/aromatic N) is 1. The molecule has 170 valence electrons. The molecule has 3 unspecified atom stereocenters. The van der Waals surface area contributed by atoms with Crippen molar-refractivity contribution in [2.45, 2.75) is 31.1 Å². The molecule has 1 aliphatic rings. The van der Waals surface area contributed by atoms with Gasteiger partial charge in [0.05, 0.1) is 18.8 Å². The first kappa shape index (κ1) is 29.4. The molecule has 9 heteroatoms. The quantitative estimate of drug-likeness (QED) is 0.324. The molecule has 3 N–H and O–H groups in total. The van der Waals surface area contributed by atoms with Crippen molar-refractivity contribution in [3.63, 3.8) is 0 Å². The molecule has 0 bridgehead atoms. The van der Waals surface area contributed by atoms with Crippen LogP contribution < -0.4 is 66.8 Å². The zero-order valence-corrected chi connectivity index (χ0v) is 22.0. The van der Waals surface area contributed by atoms with E-state index in [0.29, 0.717) is 25.1 Å². The number of β-amino-alcohol motifs (C(OH)–C–C–N with tert-alkyl or cyclic N) is 1. The topological polar surface area (TPSA) is 121 Å². The van der Waals surface area contributed by atoms with E-state index in [1.165, 1.54) is 6.47 Å². The van der Waals surface area contributed by atoms with Crippen molar-refractivity contribution < 1.29 is 75.6 Å². The minimum absolute atomic E-state index is 0. The second kappa shape index (κ2) is 15.3. The molecule has 0 aromatic heterocycles. The summed E-state index contributed by atoms with van der Waals surface area (Å²) in [5.41, 5.74) is 2.74. The van der Waals surface area contributed by atoms with Crippen molar-refractivity contribution in [3.05, 3.63) is 61.5 Å². The van der Waals surface area contributed by atoms with E-state index in [4.69, 9.17) is 4.74 Å². The average molecular weight is 476 g/mol. The van der Waals surface area contributed by atoms with Crippen molar-refractivity contribution >= 4 is 12.4 Å². The molecule has 1 aliphatic heterocycles. The second-order valence-electron chi connectivity index (χ2n) is 7.18. The van der Waals surface area contributed by atoms with Gasteiger partial charge in [-0.15, -0.1) is 11.3 Å². The number of hydrogen-bond donors (Lipinski definition) is 3. The zero-order chi connectivity index (χ0) is 22.1. The van der Waals surface area contributed by atoms with Crippen LogP contribution in [0.4, 0.5) is 0 Å². The second-order valence-corrected chi connectivity index (χ2v) is 7.18. The van der Waals surface area contributed by atoms with Crippen LogP contribution in [-0.4, -0.2) is 55.4 Å². The fourth-order valence-corrected chi connectivity index (χ4v) is 3.22. The summed E-state index contributed by atoms with van der Waals surface area (Å²) in [6, 6.07) is 17.0. The van der Waals surface area contributed by atoms with Gasteiger partial charge in [0, 0.05) is 19.5 Å². The molecular weight excluding hydrogens is 449 g/mol. The van der Waals surface area contributed by atoms with E-state index < -0.39 is 18.2 Å². The van der Waals surface area contributed by atoms with Crippen molar-refractivity contribution in [1.29, 1.82) is 5.26 Å². The number of aliphatic hydroxyl groups is 1. The number of amides is 1. The maximum atomic E-state index is 12.5. The summed E-state index contributed by atoms with van der Waals surface area (Å²) in [5, 5.41) is 24.8. The van der Waals surface area contributed by atoms with Gasteiger partial charge >= 0.3 is 51.4 Å². The number of hydrogen-bond acceptors (Lipinski definition) is 7. The first-order valence-electron chi connectivity index (χ1n) is 9.94. The van der Waals surface area contributed by atoms with Crippen molar-refractivity contribution in [2.24, 2.45) is 0 Å². The fraction of sp³-hybridized carbons (Fsp3) is 0.333. The number of nitriles is 1. The summed E-state index contributed by atoms with van der Waals surface area (Å²) in [6.07, 6.45) is -0.382. The van der Waals surface area contributed by atoms with Crippen LogP contribution in [0.25, 0.3) is 11.1 Å². The van der Waals surface area contributed by atoms with E-state index in [-0.39, 0.29) is 77.9 Å². The number of aliphatic hydroxyl groups excluding tert-OH is 1. The normalized spacial score (nSPS) is 18.7. The maximum absolute atomic E-state index is 12.5. The SMILES string of the molecule is N#CC(Cc1ccc(-c2c[c-]c(O[C-]=O)cc2)cc1)NC(=O)C1CNCC(O)CCO1.[CH3-].[K+]. The van der Waals surface area contributed by atoms with Gasteiger partial charge in [0.15, 0.2) is 6.47 Å². The van der Waals surface area contributed by atoms with Crippen LogP contribution in [0.5, 0.6) is 5.75 Å². The smallest absolute Gasteiger partial charge is 0.634 e. The third kappa shape index (κ3) is 9.27. The molecule has 2 aromatic rings. The number of ether oxygens (including phenoxy) is 2. The summed E-state index contributed by atoms with van der Waals surface area (Å²) in [4.78, 5) is 22.7. The van der Waals surface area contributed by atoms with Crippen LogP contribution in [0.15, 0.2) is 42.5 Å². The first-order valence-corrected chi connectivity index (χ1v) is 9.94. The van der Waals surface area contributed by atoms with Crippen LogP contribution in [0, 0.1) is 24.8 Å². The molecule has 0 spiro atoms. The zero-order valence-electron chi connectivity index (χ0n) is 18.8. The van der Waals surface area contributed by atoms with Crippen molar-refractivity contribution in [3.8, 4) is 22.9 Å². The van der Waals surface area contributed by atoms with Gasteiger partial charge in [-0.2, -0.15) is 17.4 Å². The molecule has 0 saturated carbocycles. The van der Waals surface area contributed by atoms with Gasteiger partial charge in [0.2, 0.25) is 0 Å². The number of carbonyl (C=O) groups excluding carboxylic acids is 2. The van der Waals surface area contributed by atoms with Gasteiger partial charge in [0.25, 0.3) is 5.91 Å². The summed E-state index contributed by atoms with van der Waals surface area (Å²) in [7, 11) is 0. The van der Waals surface area contributed by atoms with Crippen LogP contribution in [0.2, 0.25) is 0 Å². The predicted molar refractivity (Wildman–Crippen MR) is 118 cm³/mol. The minimum Gasteiger partial charge on any atom is -0.634 e. The molecule has 3 atom stereocenters. The van der Waals surface area contributed by atoms with Crippen LogP contribution in [-0.2, 0) is 20.7 Å². The van der Waals surface area contributed by atoms with Crippen LogP contribution >= 0.6 is 0 Å². The Kier molecular flexibility index (Phi) is 13.7. The van der Waals surface area contributed by atoms with E-state index in [0.717, 1.165) is 16.7 Å². The predicted octanol–water partition coefficient (Wildman–Crippen LogP) is -1.66. The minimum atomic E-state index is -0.703. The Morgan fingerprint density at radius 2 is 2.03 bits per heavy atom. The van der Waals surface area contributed by atoms with Gasteiger partial charge in [-0.05, 0) is 12.0 Å². The standard InChI is InChI=1S/C23H23N3O5.CH3.K/c24-12-19(26-23(29)22-14-25-13-20(28)9-10-30-22)11-16-1-3-17(4-2-16)18-5-7-21(8-6-18)31-15-27;;/h1-7,19-20,22,25,28H,9-11,13-14H2,(H,26,29);1H3;/q-2;-1;+1. The Hall–Kier alpha value is -1.61. The molecule has 1 amide bonds. The molecule has 1 heterocycles. The van der Waals surface area contributed by atoms with Gasteiger partial charge in [-0.1, -0.05) is 29.8 Å². The molecule has 8 nitrogen and oxygen atoms in total. The third-order valence-electron chi connectivity index (χ3n) is 4.91. The van der Waals surface area contributed by atoms with E-state index in [2.05, 4.69) is 27.5 Å². The number of carbonyl (C=O) groups is 1. The molecule has 2 aromatic carbocycles. The Bertz CT molecular complexity index is 905. The third-order valence-corrected chi connectivity index (χ3v) is 4.91. The molecular formula is C24H26KN3O5-2. The van der Waals surface area contributed by atoms with Gasteiger partial charge in [-0.25, -0.2) is 12.1 Å². The molecule has 0 aliphatic carbocycles. The monoisotopic (exact) mass is 475 g/mol. The van der Waals surface area contributed by atoms with Crippen molar-refractivity contribution in [2.75, 3.05) is 19.7 Å². The fourth-order valence-electron chi connectivity index (χ4n) is 3.22. The number of rotatable bonds is 7. The molecule has 1 fully saturated rings.